The zero-order chi connectivity index (χ0) is 4.99. The Kier molecular flexibility index (Phi) is 3.37. The van der Waals surface area contributed by atoms with Crippen molar-refractivity contribution in [2.45, 2.75) is 6.92 Å². The van der Waals surface area contributed by atoms with Gasteiger partial charge in [0, 0.05) is 6.54 Å². The van der Waals surface area contributed by atoms with Crippen molar-refractivity contribution in [3.63, 3.8) is 0 Å². The van der Waals surface area contributed by atoms with Crippen molar-refractivity contribution >= 4 is 29.2 Å². The quantitative estimate of drug-likeness (QED) is 0.398. The van der Waals surface area contributed by atoms with Crippen LogP contribution in [0.2, 0.25) is 0 Å². The Morgan fingerprint density at radius 3 is 2.50 bits per heavy atom. The number of hydrogen-bond donors (Lipinski definition) is 1. The van der Waals surface area contributed by atoms with Crippen molar-refractivity contribution in [2.75, 3.05) is 6.54 Å². The molecular formula is C3H6NS2-. The van der Waals surface area contributed by atoms with E-state index in [1.807, 2.05) is 6.92 Å². The molecule has 0 aliphatic rings. The zero-order valence-corrected chi connectivity index (χ0v) is 5.16. The summed E-state index contributed by atoms with van der Waals surface area (Å²) < 4.78 is 0.456. The van der Waals surface area contributed by atoms with Crippen molar-refractivity contribution in [3.8, 4) is 0 Å². The second kappa shape index (κ2) is 3.31. The van der Waals surface area contributed by atoms with E-state index in [1.165, 1.54) is 0 Å². The van der Waals surface area contributed by atoms with Crippen LogP contribution >= 0.6 is 12.2 Å². The molecule has 0 saturated heterocycles. The maximum Gasteiger partial charge on any atom is 0.0103 e. The van der Waals surface area contributed by atoms with E-state index in [0.29, 0.717) is 4.32 Å². The van der Waals surface area contributed by atoms with Crippen molar-refractivity contribution < 1.29 is 0 Å². The van der Waals surface area contributed by atoms with Gasteiger partial charge in [0.2, 0.25) is 0 Å². The van der Waals surface area contributed by atoms with Gasteiger partial charge in [0.1, 0.15) is 0 Å². The molecule has 0 amide bonds. The van der Waals surface area contributed by atoms with Crippen molar-refractivity contribution in [2.24, 2.45) is 0 Å². The molecule has 0 aliphatic carbocycles. The Morgan fingerprint density at radius 1 is 2.00 bits per heavy atom. The highest BCUT2D eigenvalue weighted by Crippen LogP contribution is 1.60. The molecule has 0 radical (unpaired) electrons. The Hall–Kier alpha value is 0.110. The third-order valence-corrected chi connectivity index (χ3v) is 0.610. The lowest BCUT2D eigenvalue weighted by molar-refractivity contribution is 0.996. The Balaban J connectivity index is 2.83. The number of hydrogen-bond acceptors (Lipinski definition) is 2. The molecule has 1 N–H and O–H groups in total. The lowest BCUT2D eigenvalue weighted by Crippen LogP contribution is -2.16. The molecule has 0 aromatic rings. The zero-order valence-electron chi connectivity index (χ0n) is 3.52. The fraction of sp³-hybridized carbons (Fsp3) is 0.667. The summed E-state index contributed by atoms with van der Waals surface area (Å²) >= 11 is 9.00. The highest BCUT2D eigenvalue weighted by atomic mass is 32.1. The minimum Gasteiger partial charge on any atom is -0.412 e. The van der Waals surface area contributed by atoms with E-state index >= 15 is 0 Å². The van der Waals surface area contributed by atoms with Gasteiger partial charge in [-0.05, 0) is 6.92 Å². The van der Waals surface area contributed by atoms with E-state index in [2.05, 4.69) is 30.2 Å². The maximum atomic E-state index is 4.50. The monoisotopic (exact) mass is 120 g/mol. The van der Waals surface area contributed by atoms with E-state index in [-0.39, 0.29) is 0 Å². The minimum absolute atomic E-state index is 0.456. The van der Waals surface area contributed by atoms with Gasteiger partial charge in [-0.15, -0.1) is 0 Å². The van der Waals surface area contributed by atoms with Crippen molar-refractivity contribution in [1.29, 1.82) is 0 Å². The van der Waals surface area contributed by atoms with Gasteiger partial charge in [0.05, 0.1) is 0 Å². The smallest absolute Gasteiger partial charge is 0.0103 e. The van der Waals surface area contributed by atoms with Crippen LogP contribution < -0.4 is 5.32 Å². The molecule has 0 saturated carbocycles. The summed E-state index contributed by atoms with van der Waals surface area (Å²) in [4.78, 5) is 0. The van der Waals surface area contributed by atoms with Gasteiger partial charge in [0.15, 0.2) is 0 Å². The van der Waals surface area contributed by atoms with Crippen LogP contribution in [0.1, 0.15) is 6.92 Å². The molecule has 0 bridgehead atoms. The Labute approximate surface area is 48.5 Å². The summed E-state index contributed by atoms with van der Waals surface area (Å²) in [5, 5.41) is 2.75. The summed E-state index contributed by atoms with van der Waals surface area (Å²) in [6.45, 7) is 2.79. The largest absolute Gasteiger partial charge is 0.412 e. The third-order valence-electron chi connectivity index (χ3n) is 0.321. The molecule has 3 heteroatoms. The van der Waals surface area contributed by atoms with Crippen LogP contribution in [0.15, 0.2) is 0 Å². The average Bonchev–Trinajstić information content (AvgIpc) is 1.35. The molecule has 6 heavy (non-hydrogen) atoms. The van der Waals surface area contributed by atoms with Gasteiger partial charge >= 0.3 is 0 Å². The first kappa shape index (κ1) is 6.11. The fourth-order valence-corrected chi connectivity index (χ4v) is 0.433. The van der Waals surface area contributed by atoms with E-state index in [4.69, 9.17) is 0 Å². The molecule has 0 aromatic carbocycles. The summed E-state index contributed by atoms with van der Waals surface area (Å²) in [5.41, 5.74) is 0. The molecule has 0 unspecified atom stereocenters. The molecule has 0 spiro atoms. The number of thiocarbonyl (C=S) groups is 1. The molecule has 0 aliphatic heterocycles. The van der Waals surface area contributed by atoms with E-state index < -0.39 is 0 Å². The minimum atomic E-state index is 0.456. The molecule has 0 atom stereocenters. The van der Waals surface area contributed by atoms with Crippen LogP contribution in [0.3, 0.4) is 0 Å². The Morgan fingerprint density at radius 2 is 2.50 bits per heavy atom. The summed E-state index contributed by atoms with van der Waals surface area (Å²) in [6, 6.07) is 0. The summed E-state index contributed by atoms with van der Waals surface area (Å²) in [6.07, 6.45) is 0. The van der Waals surface area contributed by atoms with Crippen LogP contribution in [0.4, 0.5) is 0 Å². The lowest BCUT2D eigenvalue weighted by atomic mass is 10.8. The standard InChI is InChI=1S/C3H7NS2/c1-2-4-3(5)6/h2H2,1H3,(H2,4,5,6)/p-1. The van der Waals surface area contributed by atoms with E-state index in [0.717, 1.165) is 6.54 Å². The second-order valence-corrected chi connectivity index (χ2v) is 1.89. The predicted octanol–water partition coefficient (Wildman–Crippen LogP) is 0.428. The molecular weight excluding hydrogens is 114 g/mol. The first-order valence-electron chi connectivity index (χ1n) is 1.72. The van der Waals surface area contributed by atoms with Crippen LogP contribution in [-0.4, -0.2) is 10.9 Å². The molecule has 0 aromatic heterocycles. The summed E-state index contributed by atoms with van der Waals surface area (Å²) in [5.74, 6) is 0. The number of nitrogens with one attached hydrogen (secondary N) is 1. The molecule has 0 rings (SSSR count). The van der Waals surface area contributed by atoms with Crippen molar-refractivity contribution in [1.82, 2.24) is 5.32 Å². The van der Waals surface area contributed by atoms with Crippen molar-refractivity contribution in [3.05, 3.63) is 0 Å². The highest BCUT2D eigenvalue weighted by Gasteiger charge is 1.63. The summed E-state index contributed by atoms with van der Waals surface area (Å²) in [7, 11) is 0. The maximum absolute atomic E-state index is 4.50. The average molecular weight is 120 g/mol. The first-order valence-corrected chi connectivity index (χ1v) is 2.54. The Bertz CT molecular complexity index is 52.8. The second-order valence-electron chi connectivity index (χ2n) is 0.818. The van der Waals surface area contributed by atoms with Crippen LogP contribution in [-0.2, 0) is 12.6 Å². The number of rotatable bonds is 1. The fourth-order valence-electron chi connectivity index (χ4n) is 0.144. The van der Waals surface area contributed by atoms with Crippen LogP contribution in [0, 0.1) is 0 Å². The van der Waals surface area contributed by atoms with Gasteiger partial charge in [-0.3, -0.25) is 0 Å². The van der Waals surface area contributed by atoms with E-state index in [9.17, 15) is 0 Å². The van der Waals surface area contributed by atoms with Gasteiger partial charge in [-0.1, -0.05) is 4.32 Å². The highest BCUT2D eigenvalue weighted by molar-refractivity contribution is 8.00. The molecule has 0 heterocycles. The molecule has 36 valence electrons. The molecule has 1 nitrogen and oxygen atoms in total. The normalized spacial score (nSPS) is 7.50. The first-order chi connectivity index (χ1) is 2.77. The third kappa shape index (κ3) is 4.11. The van der Waals surface area contributed by atoms with Gasteiger partial charge in [-0.2, -0.15) is 0 Å². The lowest BCUT2D eigenvalue weighted by Gasteiger charge is -2.03. The molecule has 0 fully saturated rings. The van der Waals surface area contributed by atoms with E-state index in [1.54, 1.807) is 0 Å². The van der Waals surface area contributed by atoms with Gasteiger partial charge in [-0.25, -0.2) is 0 Å². The van der Waals surface area contributed by atoms with Gasteiger partial charge < -0.3 is 30.2 Å². The van der Waals surface area contributed by atoms with Gasteiger partial charge in [0.25, 0.3) is 0 Å². The topological polar surface area (TPSA) is 12.0 Å². The van der Waals surface area contributed by atoms with Crippen LogP contribution in [0.25, 0.3) is 0 Å². The SMILES string of the molecule is CCNC(=S)[S-]. The predicted molar refractivity (Wildman–Crippen MR) is 33.6 cm³/mol. The van der Waals surface area contributed by atoms with Crippen LogP contribution in [0.5, 0.6) is 0 Å².